The standard InChI is InChI=1S/C15H14ClNO5/c1-21-9-3-2-7(6-8(9)16)17-14(18)12-10-4-5-11(22-10)13(12)15(19)20/h2-6,10-13H,1H3,(H,17,18)(H,19,20)/t10-,11-,12+,13-/m0/s1. The van der Waals surface area contributed by atoms with Gasteiger partial charge in [-0.2, -0.15) is 0 Å². The van der Waals surface area contributed by atoms with Gasteiger partial charge in [0.05, 0.1) is 30.3 Å². The van der Waals surface area contributed by atoms with E-state index < -0.39 is 35.9 Å². The highest BCUT2D eigenvalue weighted by Gasteiger charge is 2.53. The maximum atomic E-state index is 12.4. The summed E-state index contributed by atoms with van der Waals surface area (Å²) in [6.45, 7) is 0. The smallest absolute Gasteiger partial charge is 0.310 e. The molecule has 6 nitrogen and oxygen atoms in total. The molecule has 0 spiro atoms. The van der Waals surface area contributed by atoms with Crippen LogP contribution in [0.3, 0.4) is 0 Å². The molecular weight excluding hydrogens is 310 g/mol. The minimum atomic E-state index is -1.04. The second kappa shape index (κ2) is 5.62. The normalized spacial score (nSPS) is 28.6. The molecule has 2 heterocycles. The molecule has 4 atom stereocenters. The summed E-state index contributed by atoms with van der Waals surface area (Å²) >= 11 is 6.01. The van der Waals surface area contributed by atoms with Crippen LogP contribution >= 0.6 is 11.6 Å². The minimum Gasteiger partial charge on any atom is -0.495 e. The zero-order chi connectivity index (χ0) is 15.9. The summed E-state index contributed by atoms with van der Waals surface area (Å²) in [6.07, 6.45) is 2.38. The first-order chi connectivity index (χ1) is 10.5. The summed E-state index contributed by atoms with van der Waals surface area (Å²) < 4.78 is 10.5. The number of hydrogen-bond acceptors (Lipinski definition) is 4. The fourth-order valence-electron chi connectivity index (χ4n) is 2.88. The molecule has 3 rings (SSSR count). The number of hydrogen-bond donors (Lipinski definition) is 2. The van der Waals surface area contributed by atoms with Crippen molar-refractivity contribution >= 4 is 29.2 Å². The van der Waals surface area contributed by atoms with Crippen LogP contribution in [-0.2, 0) is 14.3 Å². The molecule has 1 aromatic rings. The molecule has 7 heteroatoms. The molecule has 0 unspecified atom stereocenters. The third-order valence-electron chi connectivity index (χ3n) is 3.91. The van der Waals surface area contributed by atoms with Crippen molar-refractivity contribution < 1.29 is 24.2 Å². The van der Waals surface area contributed by atoms with Crippen LogP contribution in [0.4, 0.5) is 5.69 Å². The predicted octanol–water partition coefficient (Wildman–Crippen LogP) is 1.94. The number of carboxylic acid groups (broad SMARTS) is 1. The van der Waals surface area contributed by atoms with Gasteiger partial charge in [0.2, 0.25) is 5.91 Å². The van der Waals surface area contributed by atoms with E-state index in [0.29, 0.717) is 16.5 Å². The molecule has 1 amide bonds. The zero-order valence-corrected chi connectivity index (χ0v) is 12.4. The molecule has 0 aromatic heterocycles. The third kappa shape index (κ3) is 2.44. The van der Waals surface area contributed by atoms with Gasteiger partial charge in [-0.25, -0.2) is 0 Å². The van der Waals surface area contributed by atoms with Crippen LogP contribution in [-0.4, -0.2) is 36.3 Å². The summed E-state index contributed by atoms with van der Waals surface area (Å²) in [4.78, 5) is 23.8. The Bertz CT molecular complexity index is 659. The Morgan fingerprint density at radius 2 is 1.95 bits per heavy atom. The first-order valence-electron chi connectivity index (χ1n) is 6.72. The summed E-state index contributed by atoms with van der Waals surface area (Å²) in [7, 11) is 1.50. The van der Waals surface area contributed by atoms with Gasteiger partial charge in [-0.1, -0.05) is 23.8 Å². The van der Waals surface area contributed by atoms with Crippen LogP contribution in [0.2, 0.25) is 5.02 Å². The van der Waals surface area contributed by atoms with E-state index >= 15 is 0 Å². The van der Waals surface area contributed by atoms with E-state index in [0.717, 1.165) is 0 Å². The zero-order valence-electron chi connectivity index (χ0n) is 11.7. The Hall–Kier alpha value is -2.05. The number of benzene rings is 1. The molecule has 2 N–H and O–H groups in total. The number of amides is 1. The number of anilines is 1. The van der Waals surface area contributed by atoms with E-state index in [-0.39, 0.29) is 0 Å². The molecule has 116 valence electrons. The number of carboxylic acids is 1. The lowest BCUT2D eigenvalue weighted by Gasteiger charge is -2.21. The van der Waals surface area contributed by atoms with Crippen LogP contribution in [0.1, 0.15) is 0 Å². The number of nitrogens with one attached hydrogen (secondary N) is 1. The number of ether oxygens (including phenoxy) is 2. The highest BCUT2D eigenvalue weighted by atomic mass is 35.5. The number of rotatable bonds is 4. The number of methoxy groups -OCH3 is 1. The van der Waals surface area contributed by atoms with E-state index in [1.807, 2.05) is 0 Å². The number of fused-ring (bicyclic) bond motifs is 2. The van der Waals surface area contributed by atoms with Crippen molar-refractivity contribution in [2.24, 2.45) is 11.8 Å². The topological polar surface area (TPSA) is 84.9 Å². The Morgan fingerprint density at radius 1 is 1.27 bits per heavy atom. The quantitative estimate of drug-likeness (QED) is 0.827. The first kappa shape index (κ1) is 14.9. The lowest BCUT2D eigenvalue weighted by Crippen LogP contribution is -2.39. The second-order valence-corrected chi connectivity index (χ2v) is 5.59. The lowest BCUT2D eigenvalue weighted by atomic mass is 9.82. The monoisotopic (exact) mass is 323 g/mol. The van der Waals surface area contributed by atoms with Crippen LogP contribution in [0.5, 0.6) is 5.75 Å². The van der Waals surface area contributed by atoms with E-state index in [2.05, 4.69) is 5.32 Å². The number of carbonyl (C=O) groups excluding carboxylic acids is 1. The maximum absolute atomic E-state index is 12.4. The average Bonchev–Trinajstić information content (AvgIpc) is 3.07. The molecule has 2 aliphatic rings. The van der Waals surface area contributed by atoms with E-state index in [1.165, 1.54) is 7.11 Å². The molecule has 22 heavy (non-hydrogen) atoms. The van der Waals surface area contributed by atoms with Gasteiger partial charge in [-0.15, -0.1) is 0 Å². The Kier molecular flexibility index (Phi) is 3.80. The molecule has 2 bridgehead atoms. The summed E-state index contributed by atoms with van der Waals surface area (Å²) in [5.74, 6) is -2.57. The maximum Gasteiger partial charge on any atom is 0.310 e. The van der Waals surface area contributed by atoms with Gasteiger partial charge < -0.3 is 19.9 Å². The molecule has 0 saturated carbocycles. The van der Waals surface area contributed by atoms with E-state index in [1.54, 1.807) is 30.4 Å². The molecule has 2 aliphatic heterocycles. The molecule has 0 radical (unpaired) electrons. The van der Waals surface area contributed by atoms with Gasteiger partial charge in [0, 0.05) is 5.69 Å². The van der Waals surface area contributed by atoms with Crippen molar-refractivity contribution in [1.29, 1.82) is 0 Å². The summed E-state index contributed by atoms with van der Waals surface area (Å²) in [5.41, 5.74) is 0.478. The van der Waals surface area contributed by atoms with Crippen LogP contribution in [0.15, 0.2) is 30.4 Å². The van der Waals surface area contributed by atoms with Crippen LogP contribution < -0.4 is 10.1 Å². The SMILES string of the molecule is COc1ccc(NC(=O)[C@H]2[C@@H](C(=O)O)[C@@H]3C=C[C@@H]2O3)cc1Cl. The van der Waals surface area contributed by atoms with Crippen molar-refractivity contribution in [2.45, 2.75) is 12.2 Å². The van der Waals surface area contributed by atoms with Gasteiger partial charge in [0.1, 0.15) is 11.7 Å². The van der Waals surface area contributed by atoms with Crippen LogP contribution in [0.25, 0.3) is 0 Å². The molecule has 1 fully saturated rings. The highest BCUT2D eigenvalue weighted by molar-refractivity contribution is 6.32. The fraction of sp³-hybridized carbons (Fsp3) is 0.333. The number of carbonyl (C=O) groups is 2. The number of aliphatic carboxylic acids is 1. The minimum absolute atomic E-state index is 0.360. The molecule has 0 aliphatic carbocycles. The summed E-state index contributed by atoms with van der Waals surface area (Å²) in [6, 6.07) is 4.82. The predicted molar refractivity (Wildman–Crippen MR) is 79.1 cm³/mol. The lowest BCUT2D eigenvalue weighted by molar-refractivity contribution is -0.145. The summed E-state index contributed by atoms with van der Waals surface area (Å²) in [5, 5.41) is 12.4. The largest absolute Gasteiger partial charge is 0.495 e. The Labute approximate surface area is 131 Å². The van der Waals surface area contributed by atoms with Crippen molar-refractivity contribution in [1.82, 2.24) is 0 Å². The van der Waals surface area contributed by atoms with Crippen molar-refractivity contribution in [3.63, 3.8) is 0 Å². The van der Waals surface area contributed by atoms with E-state index in [4.69, 9.17) is 21.1 Å². The van der Waals surface area contributed by atoms with Crippen molar-refractivity contribution in [3.8, 4) is 5.75 Å². The Morgan fingerprint density at radius 3 is 2.55 bits per heavy atom. The van der Waals surface area contributed by atoms with Gasteiger partial charge in [-0.3, -0.25) is 9.59 Å². The Balaban J connectivity index is 1.78. The van der Waals surface area contributed by atoms with Gasteiger partial charge in [0.15, 0.2) is 0 Å². The number of halogens is 1. The molecular formula is C15H14ClNO5. The fourth-order valence-corrected chi connectivity index (χ4v) is 3.14. The van der Waals surface area contributed by atoms with Gasteiger partial charge in [0.25, 0.3) is 0 Å². The van der Waals surface area contributed by atoms with Crippen LogP contribution in [0, 0.1) is 11.8 Å². The average molecular weight is 324 g/mol. The second-order valence-electron chi connectivity index (χ2n) is 5.18. The third-order valence-corrected chi connectivity index (χ3v) is 4.20. The molecule has 1 aromatic carbocycles. The van der Waals surface area contributed by atoms with E-state index in [9.17, 15) is 14.7 Å². The van der Waals surface area contributed by atoms with Crippen molar-refractivity contribution in [3.05, 3.63) is 35.4 Å². The van der Waals surface area contributed by atoms with Gasteiger partial charge in [-0.05, 0) is 18.2 Å². The van der Waals surface area contributed by atoms with Gasteiger partial charge >= 0.3 is 5.97 Å². The molecule has 1 saturated heterocycles. The first-order valence-corrected chi connectivity index (χ1v) is 7.10. The van der Waals surface area contributed by atoms with Crippen molar-refractivity contribution in [2.75, 3.05) is 12.4 Å². The highest BCUT2D eigenvalue weighted by Crippen LogP contribution is 2.40.